The summed E-state index contributed by atoms with van der Waals surface area (Å²) in [5.41, 5.74) is 0. The predicted octanol–water partition coefficient (Wildman–Crippen LogP) is 18.7. The Balaban J connectivity index is 1.92. The van der Waals surface area contributed by atoms with E-state index in [4.69, 9.17) is 46.9 Å². The van der Waals surface area contributed by atoms with Crippen LogP contribution in [0.5, 0.6) is 0 Å². The maximum absolute atomic E-state index is 14.9. The number of carbonyl (C=O) groups excluding carboxylic acids is 4. The second kappa shape index (κ2) is 71.4. The van der Waals surface area contributed by atoms with Crippen LogP contribution >= 0.6 is 7.82 Å². The Morgan fingerprint density at radius 2 is 0.625 bits per heavy atom. The lowest BCUT2D eigenvalue weighted by atomic mass is 9.84. The molecule has 2 aliphatic heterocycles. The molecule has 0 aromatic heterocycles. The zero-order valence-electron chi connectivity index (χ0n) is 76.0. The minimum atomic E-state index is -5.81. The summed E-state index contributed by atoms with van der Waals surface area (Å²) in [6.07, 6.45) is 26.6. The second-order valence-corrected chi connectivity index (χ2v) is 37.3. The number of phosphoric ester groups is 1. The Morgan fingerprint density at radius 3 is 0.992 bits per heavy atom. The first-order valence-electron chi connectivity index (χ1n) is 49.1. The summed E-state index contributed by atoms with van der Waals surface area (Å²) in [6, 6.07) is 0. The number of phosphoric acid groups is 1. The number of ether oxygens (including phenoxy) is 8. The van der Waals surface area contributed by atoms with Gasteiger partial charge in [-0.15, -0.1) is 0 Å². The Labute approximate surface area is 725 Å². The minimum absolute atomic E-state index is 0.0188. The summed E-state index contributed by atoms with van der Waals surface area (Å²) in [6.45, 7) is 10.3. The molecular weight excluding hydrogens is 1560 g/mol. The van der Waals surface area contributed by atoms with Gasteiger partial charge in [0.05, 0.1) is 13.2 Å². The topological polar surface area (TPSA) is 380 Å². The van der Waals surface area contributed by atoms with Gasteiger partial charge in [-0.2, -0.15) is 0 Å². The van der Waals surface area contributed by atoms with Crippen molar-refractivity contribution >= 4 is 31.7 Å². The molecule has 708 valence electrons. The van der Waals surface area contributed by atoms with E-state index < -0.39 is 162 Å². The third-order valence-electron chi connectivity index (χ3n) is 24.7. The van der Waals surface area contributed by atoms with Gasteiger partial charge in [-0.05, 0) is 37.5 Å². The van der Waals surface area contributed by atoms with Gasteiger partial charge >= 0.3 is 31.7 Å². The van der Waals surface area contributed by atoms with Gasteiger partial charge in [0.1, 0.15) is 92.6 Å². The highest BCUT2D eigenvalue weighted by Crippen LogP contribution is 2.49. The van der Waals surface area contributed by atoms with Crippen molar-refractivity contribution in [1.82, 2.24) is 0 Å². The monoisotopic (exact) mass is 1740 g/mol. The highest BCUT2D eigenvalue weighted by atomic mass is 31.2. The average molecular weight is 1740 g/mol. The van der Waals surface area contributed by atoms with Gasteiger partial charge in [-0.3, -0.25) is 28.2 Å². The number of rotatable bonds is 79. The first-order chi connectivity index (χ1) is 58.0. The van der Waals surface area contributed by atoms with E-state index in [1.807, 2.05) is 0 Å². The summed E-state index contributed by atoms with van der Waals surface area (Å²) in [5, 5.41) is 103. The molecule has 0 aromatic rings. The van der Waals surface area contributed by atoms with Crippen LogP contribution in [0.3, 0.4) is 0 Å². The molecule has 2 saturated heterocycles. The van der Waals surface area contributed by atoms with Gasteiger partial charge in [0.15, 0.2) is 24.8 Å². The molecule has 26 heteroatoms. The molecule has 3 aliphatic rings. The Morgan fingerprint density at radius 1 is 0.325 bits per heavy atom. The summed E-state index contributed by atoms with van der Waals surface area (Å²) >= 11 is 0. The Bertz CT molecular complexity index is 2520. The van der Waals surface area contributed by atoms with Crippen LogP contribution in [0.1, 0.15) is 433 Å². The molecule has 3 fully saturated rings. The van der Waals surface area contributed by atoms with Crippen LogP contribution in [0.2, 0.25) is 0 Å². The zero-order valence-corrected chi connectivity index (χ0v) is 76.9. The van der Waals surface area contributed by atoms with Crippen LogP contribution in [-0.2, 0) is 70.7 Å². The number of hydrogen-bond acceptors (Lipinski definition) is 24. The summed E-state index contributed by atoms with van der Waals surface area (Å²) in [4.78, 5) is 66.7. The van der Waals surface area contributed by atoms with Crippen LogP contribution < -0.4 is 0 Å². The van der Waals surface area contributed by atoms with Crippen LogP contribution in [0.15, 0.2) is 0 Å². The Kier molecular flexibility index (Phi) is 66.4. The van der Waals surface area contributed by atoms with Crippen LogP contribution in [-0.4, -0.2) is 205 Å². The first kappa shape index (κ1) is 112. The van der Waals surface area contributed by atoms with Gasteiger partial charge < -0.3 is 88.7 Å². The standard InChI is InChI=1S/C94H177O25P/c1-7-11-15-19-23-25-27-29-30-31-33-35-36-38-48-56-64-77(96)110-69-74(113-79(98)66-58-50-42-40-46-54-62-72(5)60-52-44-21-17-13-9-3)70-112-120(108,109)119-92-90(117-93-87(106)83(102)81(100)75(68-95)114-93)86(105)85(104)89(116-80(99)67-59-51-43-41-47-55-63-73(6)61-53-45-22-18-14-10-4)91(92)118-94-88(107)84(103)82(101)76(115-94)71-111-78(97)65-57-49-39-37-34-32-28-26-24-20-16-12-8-2/h72-76,81-95,100-107H,7-71H2,1-6H3,(H,108,109). The molecule has 3 rings (SSSR count). The van der Waals surface area contributed by atoms with E-state index in [-0.39, 0.29) is 25.7 Å². The van der Waals surface area contributed by atoms with Gasteiger partial charge in [0.2, 0.25) is 0 Å². The highest BCUT2D eigenvalue weighted by molar-refractivity contribution is 7.47. The molecule has 20 unspecified atom stereocenters. The Hall–Kier alpha value is -2.53. The molecule has 20 atom stereocenters. The quantitative estimate of drug-likeness (QED) is 0.0117. The van der Waals surface area contributed by atoms with Crippen molar-refractivity contribution in [3.8, 4) is 0 Å². The molecule has 2 heterocycles. The molecule has 120 heavy (non-hydrogen) atoms. The van der Waals surface area contributed by atoms with E-state index in [0.717, 1.165) is 128 Å². The van der Waals surface area contributed by atoms with Crippen molar-refractivity contribution in [2.45, 2.75) is 537 Å². The van der Waals surface area contributed by atoms with Gasteiger partial charge in [0, 0.05) is 25.7 Å². The summed E-state index contributed by atoms with van der Waals surface area (Å²) in [5.74, 6) is -1.65. The molecule has 0 radical (unpaired) electrons. The molecule has 0 amide bonds. The predicted molar refractivity (Wildman–Crippen MR) is 467 cm³/mol. The van der Waals surface area contributed by atoms with Gasteiger partial charge in [-0.1, -0.05) is 382 Å². The van der Waals surface area contributed by atoms with E-state index in [9.17, 15) is 74.6 Å². The molecule has 25 nitrogen and oxygen atoms in total. The first-order valence-corrected chi connectivity index (χ1v) is 50.5. The van der Waals surface area contributed by atoms with Crippen molar-refractivity contribution in [1.29, 1.82) is 0 Å². The largest absolute Gasteiger partial charge is 0.472 e. The number of carbonyl (C=O) groups is 4. The fraction of sp³-hybridized carbons (Fsp3) is 0.957. The molecule has 10 N–H and O–H groups in total. The smallest absolute Gasteiger partial charge is 0.463 e. The molecule has 0 aromatic carbocycles. The van der Waals surface area contributed by atoms with E-state index in [1.54, 1.807) is 0 Å². The van der Waals surface area contributed by atoms with Crippen molar-refractivity contribution < 1.29 is 122 Å². The second-order valence-electron chi connectivity index (χ2n) is 35.9. The molecule has 0 bridgehead atoms. The van der Waals surface area contributed by atoms with E-state index in [1.165, 1.54) is 205 Å². The number of unbranched alkanes of at least 4 members (excludes halogenated alkanes) is 47. The number of aliphatic hydroxyl groups excluding tert-OH is 9. The van der Waals surface area contributed by atoms with Crippen molar-refractivity contribution in [3.63, 3.8) is 0 Å². The minimum Gasteiger partial charge on any atom is -0.463 e. The number of esters is 4. The third kappa shape index (κ3) is 51.5. The molecule has 1 saturated carbocycles. The normalized spacial score (nSPS) is 25.2. The fourth-order valence-corrected chi connectivity index (χ4v) is 17.7. The third-order valence-corrected chi connectivity index (χ3v) is 25.6. The fourth-order valence-electron chi connectivity index (χ4n) is 16.7. The summed E-state index contributed by atoms with van der Waals surface area (Å²) < 4.78 is 73.7. The van der Waals surface area contributed by atoms with Crippen molar-refractivity contribution in [2.75, 3.05) is 26.4 Å². The van der Waals surface area contributed by atoms with Crippen LogP contribution in [0, 0.1) is 11.8 Å². The highest BCUT2D eigenvalue weighted by Gasteiger charge is 2.60. The van der Waals surface area contributed by atoms with Crippen LogP contribution in [0.4, 0.5) is 0 Å². The SMILES string of the molecule is CCCCCCCCCCCCCCCCCCC(=O)OCC(COP(=O)(O)OC1C(OC2OC(CO)C(O)C(O)C2O)C(O)C(O)C(OC(=O)CCCCCCCCC(C)CCCCCCCC)C1OC1OC(COC(=O)CCCCCCCCCCCCCCC)C(O)C(O)C1O)OC(=O)CCCCCCCCC(C)CCCCCCCC. The van der Waals surface area contributed by atoms with E-state index in [2.05, 4.69) is 41.5 Å². The maximum atomic E-state index is 14.9. The molecular formula is C94H177O25P. The maximum Gasteiger partial charge on any atom is 0.472 e. The lowest BCUT2D eigenvalue weighted by Crippen LogP contribution is -2.70. The molecule has 0 spiro atoms. The van der Waals surface area contributed by atoms with Gasteiger partial charge in [-0.25, -0.2) is 4.57 Å². The average Bonchev–Trinajstić information content (AvgIpc) is 0.753. The van der Waals surface area contributed by atoms with Gasteiger partial charge in [0.25, 0.3) is 0 Å². The van der Waals surface area contributed by atoms with Crippen LogP contribution in [0.25, 0.3) is 0 Å². The van der Waals surface area contributed by atoms with E-state index >= 15 is 0 Å². The molecule has 1 aliphatic carbocycles. The number of hydrogen-bond donors (Lipinski definition) is 10. The number of aliphatic hydroxyl groups is 9. The zero-order chi connectivity index (χ0) is 87.8. The van der Waals surface area contributed by atoms with E-state index in [0.29, 0.717) is 43.9 Å². The lowest BCUT2D eigenvalue weighted by Gasteiger charge is -2.50. The lowest BCUT2D eigenvalue weighted by molar-refractivity contribution is -0.360. The van der Waals surface area contributed by atoms with Crippen molar-refractivity contribution in [2.24, 2.45) is 11.8 Å². The summed E-state index contributed by atoms with van der Waals surface area (Å²) in [7, 11) is -5.81. The van der Waals surface area contributed by atoms with Crippen molar-refractivity contribution in [3.05, 3.63) is 0 Å².